The Morgan fingerprint density at radius 2 is 2.12 bits per heavy atom. The lowest BCUT2D eigenvalue weighted by molar-refractivity contribution is -0.135. The summed E-state index contributed by atoms with van der Waals surface area (Å²) in [5.74, 6) is 0.834. The maximum absolute atomic E-state index is 11.5. The number of ether oxygens (including phenoxy) is 2. The van der Waals surface area contributed by atoms with E-state index < -0.39 is 0 Å². The van der Waals surface area contributed by atoms with Gasteiger partial charge in [0.05, 0.1) is 13.0 Å². The van der Waals surface area contributed by atoms with E-state index in [1.165, 1.54) is 0 Å². The zero-order valence-corrected chi connectivity index (χ0v) is 10.7. The van der Waals surface area contributed by atoms with Crippen molar-refractivity contribution in [2.24, 2.45) is 5.92 Å². The Kier molecular flexibility index (Phi) is 5.70. The van der Waals surface area contributed by atoms with Gasteiger partial charge in [-0.3, -0.25) is 4.79 Å². The van der Waals surface area contributed by atoms with E-state index >= 15 is 0 Å². The second-order valence-corrected chi connectivity index (χ2v) is 4.51. The number of benzene rings is 1. The minimum atomic E-state index is -0.251. The van der Waals surface area contributed by atoms with Gasteiger partial charge in [-0.1, -0.05) is 26.0 Å². The lowest BCUT2D eigenvalue weighted by Crippen LogP contribution is -2.12. The molecule has 94 valence electrons. The molecule has 3 nitrogen and oxygen atoms in total. The van der Waals surface area contributed by atoms with Crippen molar-refractivity contribution in [1.29, 1.82) is 0 Å². The highest BCUT2D eigenvalue weighted by Gasteiger charge is 2.05. The summed E-state index contributed by atoms with van der Waals surface area (Å²) in [4.78, 5) is 11.5. The van der Waals surface area contributed by atoms with Crippen LogP contribution in [0.1, 0.15) is 25.8 Å². The summed E-state index contributed by atoms with van der Waals surface area (Å²) in [5.41, 5.74) is 1.08. The van der Waals surface area contributed by atoms with Gasteiger partial charge in [0.25, 0.3) is 0 Å². The highest BCUT2D eigenvalue weighted by molar-refractivity contribution is 5.72. The van der Waals surface area contributed by atoms with Gasteiger partial charge in [0.15, 0.2) is 0 Å². The van der Waals surface area contributed by atoms with E-state index in [9.17, 15) is 4.79 Å². The molecule has 0 heterocycles. The molecule has 1 aromatic carbocycles. The standard InChI is InChI=1S/C14H20O3/c1-11(2)10-16-8-7-14(15)17-13-6-4-5-12(3)9-13/h4-6,9,11H,7-8,10H2,1-3H3. The van der Waals surface area contributed by atoms with Crippen LogP contribution in [0.2, 0.25) is 0 Å². The summed E-state index contributed by atoms with van der Waals surface area (Å²) in [5, 5.41) is 0. The average molecular weight is 236 g/mol. The molecule has 3 heteroatoms. The second-order valence-electron chi connectivity index (χ2n) is 4.51. The van der Waals surface area contributed by atoms with Crippen molar-refractivity contribution in [2.75, 3.05) is 13.2 Å². The van der Waals surface area contributed by atoms with Crippen LogP contribution in [0.25, 0.3) is 0 Å². The van der Waals surface area contributed by atoms with Crippen LogP contribution in [-0.4, -0.2) is 19.2 Å². The van der Waals surface area contributed by atoms with Crippen molar-refractivity contribution in [3.05, 3.63) is 29.8 Å². The fourth-order valence-corrected chi connectivity index (χ4v) is 1.34. The molecule has 0 spiro atoms. The quantitative estimate of drug-likeness (QED) is 0.433. The third-order valence-corrected chi connectivity index (χ3v) is 2.12. The van der Waals surface area contributed by atoms with Crippen molar-refractivity contribution in [3.8, 4) is 5.75 Å². The summed E-state index contributed by atoms with van der Waals surface area (Å²) < 4.78 is 10.5. The van der Waals surface area contributed by atoms with E-state index in [-0.39, 0.29) is 5.97 Å². The zero-order chi connectivity index (χ0) is 12.7. The lowest BCUT2D eigenvalue weighted by Gasteiger charge is -2.07. The van der Waals surface area contributed by atoms with Crippen molar-refractivity contribution in [3.63, 3.8) is 0 Å². The number of hydrogen-bond donors (Lipinski definition) is 0. The van der Waals surface area contributed by atoms with E-state index in [1.807, 2.05) is 25.1 Å². The molecule has 0 bridgehead atoms. The summed E-state index contributed by atoms with van der Waals surface area (Å²) in [6, 6.07) is 7.45. The molecule has 0 amide bonds. The first-order valence-electron chi connectivity index (χ1n) is 5.93. The van der Waals surface area contributed by atoms with Gasteiger partial charge in [-0.15, -0.1) is 0 Å². The van der Waals surface area contributed by atoms with Crippen molar-refractivity contribution < 1.29 is 14.3 Å². The van der Waals surface area contributed by atoms with Gasteiger partial charge in [0.1, 0.15) is 5.75 Å². The minimum absolute atomic E-state index is 0.251. The SMILES string of the molecule is Cc1cccc(OC(=O)CCOCC(C)C)c1. The van der Waals surface area contributed by atoms with E-state index in [2.05, 4.69) is 13.8 Å². The van der Waals surface area contributed by atoms with E-state index in [0.717, 1.165) is 5.56 Å². The predicted octanol–water partition coefficient (Wildman–Crippen LogP) is 2.96. The fourth-order valence-electron chi connectivity index (χ4n) is 1.34. The van der Waals surface area contributed by atoms with Crippen molar-refractivity contribution in [2.45, 2.75) is 27.2 Å². The molecule has 0 saturated carbocycles. The number of aryl methyl sites for hydroxylation is 1. The summed E-state index contributed by atoms with van der Waals surface area (Å²) in [6.07, 6.45) is 0.292. The molecule has 0 atom stereocenters. The Morgan fingerprint density at radius 1 is 1.35 bits per heavy atom. The molecule has 0 N–H and O–H groups in total. The van der Waals surface area contributed by atoms with Crippen LogP contribution < -0.4 is 4.74 Å². The van der Waals surface area contributed by atoms with Gasteiger partial charge in [-0.05, 0) is 30.5 Å². The van der Waals surface area contributed by atoms with Gasteiger partial charge in [0, 0.05) is 6.61 Å². The highest BCUT2D eigenvalue weighted by Crippen LogP contribution is 2.12. The molecule has 1 rings (SSSR count). The molecule has 0 aromatic heterocycles. The first-order valence-corrected chi connectivity index (χ1v) is 5.93. The minimum Gasteiger partial charge on any atom is -0.426 e. The molecule has 0 aliphatic heterocycles. The van der Waals surface area contributed by atoms with Crippen LogP contribution in [0.3, 0.4) is 0 Å². The second kappa shape index (κ2) is 7.07. The molecule has 1 aromatic rings. The molecular formula is C14H20O3. The van der Waals surface area contributed by atoms with Crippen LogP contribution in [-0.2, 0) is 9.53 Å². The van der Waals surface area contributed by atoms with Gasteiger partial charge < -0.3 is 9.47 Å². The van der Waals surface area contributed by atoms with E-state index in [0.29, 0.717) is 31.3 Å². The number of esters is 1. The number of carbonyl (C=O) groups excluding carboxylic acids is 1. The van der Waals surface area contributed by atoms with Crippen molar-refractivity contribution in [1.82, 2.24) is 0 Å². The monoisotopic (exact) mass is 236 g/mol. The first kappa shape index (κ1) is 13.7. The van der Waals surface area contributed by atoms with Crippen LogP contribution in [0.4, 0.5) is 0 Å². The van der Waals surface area contributed by atoms with Crippen LogP contribution in [0.15, 0.2) is 24.3 Å². The van der Waals surface area contributed by atoms with Gasteiger partial charge in [0.2, 0.25) is 0 Å². The van der Waals surface area contributed by atoms with Gasteiger partial charge in [-0.2, -0.15) is 0 Å². The Hall–Kier alpha value is -1.35. The predicted molar refractivity (Wildman–Crippen MR) is 67.1 cm³/mol. The summed E-state index contributed by atoms with van der Waals surface area (Å²) >= 11 is 0. The van der Waals surface area contributed by atoms with Gasteiger partial charge in [-0.25, -0.2) is 0 Å². The number of hydrogen-bond acceptors (Lipinski definition) is 3. The van der Waals surface area contributed by atoms with Crippen LogP contribution >= 0.6 is 0 Å². The molecule has 17 heavy (non-hydrogen) atoms. The lowest BCUT2D eigenvalue weighted by atomic mass is 10.2. The van der Waals surface area contributed by atoms with Crippen molar-refractivity contribution >= 4 is 5.97 Å². The molecule has 0 fully saturated rings. The average Bonchev–Trinajstić information content (AvgIpc) is 2.24. The molecular weight excluding hydrogens is 216 g/mol. The Labute approximate surface area is 103 Å². The third kappa shape index (κ3) is 6.07. The molecule has 0 radical (unpaired) electrons. The maximum atomic E-state index is 11.5. The molecule has 0 saturated heterocycles. The number of carbonyl (C=O) groups is 1. The van der Waals surface area contributed by atoms with Crippen LogP contribution in [0.5, 0.6) is 5.75 Å². The topological polar surface area (TPSA) is 35.5 Å². The van der Waals surface area contributed by atoms with Crippen LogP contribution in [0, 0.1) is 12.8 Å². The molecule has 0 aliphatic carbocycles. The van der Waals surface area contributed by atoms with Gasteiger partial charge >= 0.3 is 5.97 Å². The molecule has 0 aliphatic rings. The highest BCUT2D eigenvalue weighted by atomic mass is 16.5. The zero-order valence-electron chi connectivity index (χ0n) is 10.7. The normalized spacial score (nSPS) is 10.6. The summed E-state index contributed by atoms with van der Waals surface area (Å²) in [7, 11) is 0. The van der Waals surface area contributed by atoms with E-state index in [1.54, 1.807) is 6.07 Å². The maximum Gasteiger partial charge on any atom is 0.313 e. The fraction of sp³-hybridized carbons (Fsp3) is 0.500. The largest absolute Gasteiger partial charge is 0.426 e. The summed E-state index contributed by atoms with van der Waals surface area (Å²) in [6.45, 7) is 7.21. The number of rotatable bonds is 6. The smallest absolute Gasteiger partial charge is 0.313 e. The van der Waals surface area contributed by atoms with E-state index in [4.69, 9.17) is 9.47 Å². The Morgan fingerprint density at radius 3 is 2.76 bits per heavy atom. The first-order chi connectivity index (χ1) is 8.08. The Balaban J connectivity index is 2.25. The third-order valence-electron chi connectivity index (χ3n) is 2.12. The Bertz CT molecular complexity index is 358. The molecule has 0 unspecified atom stereocenters.